The predicted octanol–water partition coefficient (Wildman–Crippen LogP) is 10.2. The van der Waals surface area contributed by atoms with Crippen LogP contribution in [-0.4, -0.2) is 11.6 Å². The van der Waals surface area contributed by atoms with Crippen LogP contribution in [-0.2, 0) is 0 Å². The molecule has 0 aliphatic heterocycles. The summed E-state index contributed by atoms with van der Waals surface area (Å²) >= 11 is 0. The number of benzene rings is 1. The molecule has 0 amide bonds. The SMILES string of the molecule is CC(=CC[C@@]12CC=C3C[C@@H]3[C@]1(C)C(=O)c1ccccc1C2=O)CCCC(C)CCCC(C)CCCC(C)C. The molecule has 0 radical (unpaired) electrons. The molecule has 1 saturated carbocycles. The zero-order chi connectivity index (χ0) is 27.5. The number of carbonyl (C=O) groups is 2. The molecule has 0 N–H and O–H groups in total. The van der Waals surface area contributed by atoms with E-state index in [1.807, 2.05) is 24.3 Å². The molecule has 3 aliphatic rings. The summed E-state index contributed by atoms with van der Waals surface area (Å²) in [5, 5.41) is 0. The lowest BCUT2D eigenvalue weighted by molar-refractivity contribution is 0.0207. The Labute approximate surface area is 232 Å². The summed E-state index contributed by atoms with van der Waals surface area (Å²) < 4.78 is 0. The lowest BCUT2D eigenvalue weighted by atomic mass is 9.48. The van der Waals surface area contributed by atoms with Crippen LogP contribution < -0.4 is 0 Å². The van der Waals surface area contributed by atoms with Crippen LogP contribution in [0.25, 0.3) is 0 Å². The smallest absolute Gasteiger partial charge is 0.171 e. The van der Waals surface area contributed by atoms with Crippen LogP contribution in [0.4, 0.5) is 0 Å². The Balaban J connectivity index is 1.29. The number of rotatable bonds is 14. The van der Waals surface area contributed by atoms with Gasteiger partial charge in [-0.3, -0.25) is 9.59 Å². The topological polar surface area (TPSA) is 34.1 Å². The molecule has 5 atom stereocenters. The molecule has 3 aliphatic carbocycles. The number of hydrogen-bond donors (Lipinski definition) is 0. The maximum absolute atomic E-state index is 14.0. The van der Waals surface area contributed by atoms with Crippen molar-refractivity contribution in [2.24, 2.45) is 34.5 Å². The highest BCUT2D eigenvalue weighted by molar-refractivity contribution is 6.20. The quantitative estimate of drug-likeness (QED) is 0.230. The zero-order valence-corrected chi connectivity index (χ0v) is 25.1. The van der Waals surface area contributed by atoms with E-state index in [9.17, 15) is 9.59 Å². The third-order valence-corrected chi connectivity index (χ3v) is 10.4. The van der Waals surface area contributed by atoms with Gasteiger partial charge in [-0.25, -0.2) is 0 Å². The summed E-state index contributed by atoms with van der Waals surface area (Å²) in [5.74, 6) is 3.09. The predicted molar refractivity (Wildman–Crippen MR) is 160 cm³/mol. The van der Waals surface area contributed by atoms with E-state index in [0.29, 0.717) is 24.0 Å². The van der Waals surface area contributed by atoms with Crippen LogP contribution >= 0.6 is 0 Å². The number of hydrogen-bond acceptors (Lipinski definition) is 2. The highest BCUT2D eigenvalue weighted by Gasteiger charge is 2.68. The van der Waals surface area contributed by atoms with Crippen molar-refractivity contribution in [2.45, 2.75) is 119 Å². The number of ketones is 2. The van der Waals surface area contributed by atoms with Crippen molar-refractivity contribution in [3.05, 3.63) is 58.7 Å². The van der Waals surface area contributed by atoms with Gasteiger partial charge in [0.15, 0.2) is 11.6 Å². The van der Waals surface area contributed by atoms with Crippen molar-refractivity contribution in [1.82, 2.24) is 0 Å². The molecule has 2 nitrogen and oxygen atoms in total. The molecule has 1 aromatic carbocycles. The average Bonchev–Trinajstić information content (AvgIpc) is 3.68. The van der Waals surface area contributed by atoms with Gasteiger partial charge in [-0.05, 0) is 62.7 Å². The van der Waals surface area contributed by atoms with Gasteiger partial charge >= 0.3 is 0 Å². The van der Waals surface area contributed by atoms with E-state index in [2.05, 4.69) is 53.7 Å². The molecule has 0 spiro atoms. The lowest BCUT2D eigenvalue weighted by Crippen LogP contribution is -2.56. The third kappa shape index (κ3) is 5.80. The maximum atomic E-state index is 14.0. The van der Waals surface area contributed by atoms with Gasteiger partial charge in [0.25, 0.3) is 0 Å². The van der Waals surface area contributed by atoms with E-state index >= 15 is 0 Å². The number of allylic oxidation sites excluding steroid dienone is 4. The molecule has 2 unspecified atom stereocenters. The van der Waals surface area contributed by atoms with Crippen LogP contribution in [0.2, 0.25) is 0 Å². The van der Waals surface area contributed by atoms with Gasteiger partial charge in [0.05, 0.1) is 10.8 Å². The molecule has 38 heavy (non-hydrogen) atoms. The summed E-state index contributed by atoms with van der Waals surface area (Å²) in [6.45, 7) is 13.8. The Morgan fingerprint density at radius 1 is 0.895 bits per heavy atom. The minimum absolute atomic E-state index is 0.188. The van der Waals surface area contributed by atoms with Gasteiger partial charge < -0.3 is 0 Å². The van der Waals surface area contributed by atoms with Gasteiger partial charge in [-0.1, -0.05) is 127 Å². The molecule has 0 aromatic heterocycles. The third-order valence-electron chi connectivity index (χ3n) is 10.4. The molecule has 0 heterocycles. The van der Waals surface area contributed by atoms with Crippen molar-refractivity contribution < 1.29 is 9.59 Å². The Morgan fingerprint density at radius 3 is 2.11 bits per heavy atom. The second-order valence-electron chi connectivity index (χ2n) is 13.8. The van der Waals surface area contributed by atoms with Crippen LogP contribution in [0.15, 0.2) is 47.6 Å². The van der Waals surface area contributed by atoms with Crippen LogP contribution in [0, 0.1) is 34.5 Å². The fourth-order valence-electron chi connectivity index (χ4n) is 7.49. The molecular weight excluding hydrogens is 464 g/mol. The molecule has 0 saturated heterocycles. The van der Waals surface area contributed by atoms with E-state index in [-0.39, 0.29) is 17.5 Å². The van der Waals surface area contributed by atoms with E-state index in [0.717, 1.165) is 30.6 Å². The first-order valence-electron chi connectivity index (χ1n) is 15.6. The number of Topliss-reactive ketones (excluding diaryl/α,β-unsaturated/α-hetero) is 2. The fourth-order valence-corrected chi connectivity index (χ4v) is 7.49. The van der Waals surface area contributed by atoms with Gasteiger partial charge in [0.2, 0.25) is 0 Å². The Hall–Kier alpha value is -1.96. The highest BCUT2D eigenvalue weighted by Crippen LogP contribution is 2.68. The van der Waals surface area contributed by atoms with Gasteiger partial charge in [-0.15, -0.1) is 0 Å². The second-order valence-corrected chi connectivity index (χ2v) is 13.8. The van der Waals surface area contributed by atoms with Gasteiger partial charge in [0.1, 0.15) is 0 Å². The molecule has 208 valence electrons. The first-order valence-corrected chi connectivity index (χ1v) is 15.6. The molecular formula is C36H52O2. The molecule has 4 rings (SSSR count). The van der Waals surface area contributed by atoms with E-state index < -0.39 is 10.8 Å². The zero-order valence-electron chi connectivity index (χ0n) is 25.1. The minimum atomic E-state index is -0.635. The normalized spacial score (nSPS) is 27.9. The van der Waals surface area contributed by atoms with Crippen molar-refractivity contribution >= 4 is 11.6 Å². The number of carbonyl (C=O) groups excluding carboxylic acids is 2. The monoisotopic (exact) mass is 516 g/mol. The molecule has 1 fully saturated rings. The summed E-state index contributed by atoms with van der Waals surface area (Å²) in [7, 11) is 0. The van der Waals surface area contributed by atoms with Crippen LogP contribution in [0.5, 0.6) is 0 Å². The maximum Gasteiger partial charge on any atom is 0.171 e. The summed E-state index contributed by atoms with van der Waals surface area (Å²) in [6, 6.07) is 7.53. The standard InChI is InChI=1S/C36H52O2/c1-25(2)12-9-13-26(3)14-10-15-27(4)16-11-17-28(5)20-22-36-23-21-29-24-32(29)35(36,6)33(37)30-18-7-8-19-31(30)34(36)38/h7-8,18-21,25-27,32H,9-17,22-24H2,1-6H3/t26?,27?,32-,35+,36-/m0/s1. The summed E-state index contributed by atoms with van der Waals surface area (Å²) in [5.41, 5.74) is 2.80. The van der Waals surface area contributed by atoms with Crippen molar-refractivity contribution in [2.75, 3.05) is 0 Å². The number of fused-ring (bicyclic) bond motifs is 4. The Kier molecular flexibility index (Phi) is 9.21. The molecule has 0 bridgehead atoms. The lowest BCUT2D eigenvalue weighted by Gasteiger charge is -2.51. The average molecular weight is 517 g/mol. The van der Waals surface area contributed by atoms with Crippen molar-refractivity contribution in [3.8, 4) is 0 Å². The van der Waals surface area contributed by atoms with Gasteiger partial charge in [0, 0.05) is 11.1 Å². The second kappa shape index (κ2) is 12.1. The minimum Gasteiger partial charge on any atom is -0.293 e. The summed E-state index contributed by atoms with van der Waals surface area (Å²) in [4.78, 5) is 27.9. The van der Waals surface area contributed by atoms with Crippen LogP contribution in [0.1, 0.15) is 139 Å². The highest BCUT2D eigenvalue weighted by atomic mass is 16.1. The van der Waals surface area contributed by atoms with Crippen molar-refractivity contribution in [3.63, 3.8) is 0 Å². The van der Waals surface area contributed by atoms with Crippen LogP contribution in [0.3, 0.4) is 0 Å². The van der Waals surface area contributed by atoms with E-state index in [1.165, 1.54) is 62.5 Å². The first-order chi connectivity index (χ1) is 18.1. The summed E-state index contributed by atoms with van der Waals surface area (Å²) in [6.07, 6.45) is 18.7. The largest absolute Gasteiger partial charge is 0.293 e. The van der Waals surface area contributed by atoms with E-state index in [4.69, 9.17) is 0 Å². The fraction of sp³-hybridized carbons (Fsp3) is 0.667. The Morgan fingerprint density at radius 2 is 1.47 bits per heavy atom. The Bertz CT molecular complexity index is 1070. The van der Waals surface area contributed by atoms with Crippen molar-refractivity contribution in [1.29, 1.82) is 0 Å². The first kappa shape index (κ1) is 29.0. The molecule has 1 aromatic rings. The van der Waals surface area contributed by atoms with Gasteiger partial charge in [-0.2, -0.15) is 0 Å². The van der Waals surface area contributed by atoms with E-state index in [1.54, 1.807) is 0 Å². The molecule has 2 heteroatoms.